The fraction of sp³-hybridized carbons (Fsp3) is 0.778. The van der Waals surface area contributed by atoms with Crippen LogP contribution in [0.25, 0.3) is 0 Å². The number of nitrogens with zero attached hydrogens (tertiary/aromatic N) is 2. The van der Waals surface area contributed by atoms with E-state index < -0.39 is 0 Å². The van der Waals surface area contributed by atoms with Gasteiger partial charge in [-0.15, -0.1) is 0 Å². The maximum Gasteiger partial charge on any atom is 0.202 e. The van der Waals surface area contributed by atoms with Crippen LogP contribution >= 0.6 is 23.3 Å². The van der Waals surface area contributed by atoms with Gasteiger partial charge in [0.05, 0.1) is 0 Å². The van der Waals surface area contributed by atoms with Gasteiger partial charge in [-0.3, -0.25) is 0 Å². The van der Waals surface area contributed by atoms with Crippen molar-refractivity contribution in [2.75, 3.05) is 23.9 Å². The number of nitrogens with one attached hydrogen (secondary N) is 1. The molecule has 0 saturated carbocycles. The van der Waals surface area contributed by atoms with Crippen molar-refractivity contribution in [1.29, 1.82) is 0 Å². The number of rotatable bonds is 8. The molecule has 1 heterocycles. The van der Waals surface area contributed by atoms with Crippen LogP contribution in [0.3, 0.4) is 0 Å². The van der Waals surface area contributed by atoms with E-state index in [1.165, 1.54) is 43.0 Å². The van der Waals surface area contributed by atoms with E-state index in [4.69, 9.17) is 0 Å². The maximum absolute atomic E-state index is 4.06. The van der Waals surface area contributed by atoms with Crippen molar-refractivity contribution < 1.29 is 0 Å². The molecule has 0 amide bonds. The predicted octanol–water partition coefficient (Wildman–Crippen LogP) is 2.87. The lowest BCUT2D eigenvalue weighted by Crippen LogP contribution is -2.00. The predicted molar refractivity (Wildman–Crippen MR) is 65.2 cm³/mol. The van der Waals surface area contributed by atoms with Gasteiger partial charge in [0.1, 0.15) is 6.33 Å². The van der Waals surface area contributed by atoms with E-state index in [-0.39, 0.29) is 0 Å². The monoisotopic (exact) mass is 231 g/mol. The summed E-state index contributed by atoms with van der Waals surface area (Å²) in [7, 11) is 0. The third kappa shape index (κ3) is 5.44. The first-order valence-corrected chi connectivity index (χ1v) is 7.09. The second-order valence-electron chi connectivity index (χ2n) is 3.08. The summed E-state index contributed by atoms with van der Waals surface area (Å²) in [6.45, 7) is 1.02. The van der Waals surface area contributed by atoms with Crippen molar-refractivity contribution in [3.05, 3.63) is 6.33 Å². The van der Waals surface area contributed by atoms with Crippen LogP contribution in [-0.2, 0) is 0 Å². The Morgan fingerprint density at radius 2 is 2.21 bits per heavy atom. The summed E-state index contributed by atoms with van der Waals surface area (Å²) in [5.74, 6) is 1.30. The Kier molecular flexibility index (Phi) is 6.78. The zero-order valence-corrected chi connectivity index (χ0v) is 10.2. The van der Waals surface area contributed by atoms with Crippen molar-refractivity contribution in [2.24, 2.45) is 0 Å². The van der Waals surface area contributed by atoms with Gasteiger partial charge in [0.25, 0.3) is 0 Å². The van der Waals surface area contributed by atoms with Gasteiger partial charge in [0, 0.05) is 18.1 Å². The third-order valence-corrected chi connectivity index (χ3v) is 3.23. The zero-order chi connectivity index (χ0) is 10.1. The Morgan fingerprint density at radius 1 is 1.36 bits per heavy atom. The van der Waals surface area contributed by atoms with Crippen molar-refractivity contribution in [3.63, 3.8) is 0 Å². The number of hydrogen-bond acceptors (Lipinski definition) is 5. The van der Waals surface area contributed by atoms with Gasteiger partial charge in [-0.1, -0.05) is 12.8 Å². The van der Waals surface area contributed by atoms with E-state index in [0.717, 1.165) is 11.7 Å². The van der Waals surface area contributed by atoms with Crippen LogP contribution < -0.4 is 5.32 Å². The molecule has 0 radical (unpaired) electrons. The molecule has 0 bridgehead atoms. The Labute approximate surface area is 93.9 Å². The van der Waals surface area contributed by atoms with Gasteiger partial charge < -0.3 is 5.32 Å². The highest BCUT2D eigenvalue weighted by Crippen LogP contribution is 2.08. The highest BCUT2D eigenvalue weighted by molar-refractivity contribution is 7.98. The molecule has 80 valence electrons. The maximum atomic E-state index is 4.06. The summed E-state index contributed by atoms with van der Waals surface area (Å²) in [6.07, 6.45) is 8.99. The van der Waals surface area contributed by atoms with E-state index in [0.29, 0.717) is 0 Å². The van der Waals surface area contributed by atoms with Crippen molar-refractivity contribution in [2.45, 2.75) is 25.7 Å². The number of thioether (sulfide) groups is 1. The Morgan fingerprint density at radius 3 is 2.93 bits per heavy atom. The SMILES string of the molecule is CSCCCCCCNc1ncns1. The van der Waals surface area contributed by atoms with Gasteiger partial charge >= 0.3 is 0 Å². The number of hydrogen-bond donors (Lipinski definition) is 1. The lowest BCUT2D eigenvalue weighted by Gasteiger charge is -2.01. The number of unbranched alkanes of at least 4 members (excludes halogenated alkanes) is 3. The Balaban J connectivity index is 1.85. The summed E-state index contributed by atoms with van der Waals surface area (Å²) in [4.78, 5) is 4.06. The molecule has 0 aliphatic carbocycles. The molecule has 0 atom stereocenters. The van der Waals surface area contributed by atoms with E-state index >= 15 is 0 Å². The standard InChI is InChI=1S/C9H17N3S2/c1-13-7-5-3-2-4-6-10-9-11-8-12-14-9/h8H,2-7H2,1H3,(H,10,11,12). The zero-order valence-electron chi connectivity index (χ0n) is 8.53. The summed E-state index contributed by atoms with van der Waals surface area (Å²) in [5.41, 5.74) is 0. The summed E-state index contributed by atoms with van der Waals surface area (Å²) < 4.78 is 3.93. The average Bonchev–Trinajstić information content (AvgIpc) is 2.69. The molecular formula is C9H17N3S2. The van der Waals surface area contributed by atoms with E-state index in [9.17, 15) is 0 Å². The fourth-order valence-corrected chi connectivity index (χ4v) is 2.12. The van der Waals surface area contributed by atoms with Crippen LogP contribution in [0.15, 0.2) is 6.33 Å². The van der Waals surface area contributed by atoms with E-state index in [2.05, 4.69) is 20.9 Å². The molecule has 0 aliphatic heterocycles. The van der Waals surface area contributed by atoms with Gasteiger partial charge in [0.2, 0.25) is 5.13 Å². The van der Waals surface area contributed by atoms with Crippen LogP contribution in [0.5, 0.6) is 0 Å². The minimum Gasteiger partial charge on any atom is -0.360 e. The molecule has 0 unspecified atom stereocenters. The molecule has 0 spiro atoms. The second-order valence-corrected chi connectivity index (χ2v) is 4.85. The van der Waals surface area contributed by atoms with Crippen LogP contribution in [0.2, 0.25) is 0 Å². The summed E-state index contributed by atoms with van der Waals surface area (Å²) >= 11 is 3.35. The Bertz CT molecular complexity index is 214. The van der Waals surface area contributed by atoms with Gasteiger partial charge in [0.15, 0.2) is 0 Å². The highest BCUT2D eigenvalue weighted by atomic mass is 32.2. The normalized spacial score (nSPS) is 10.4. The van der Waals surface area contributed by atoms with Gasteiger partial charge in [-0.05, 0) is 24.9 Å². The average molecular weight is 231 g/mol. The van der Waals surface area contributed by atoms with Crippen molar-refractivity contribution in [3.8, 4) is 0 Å². The molecule has 3 nitrogen and oxygen atoms in total. The van der Waals surface area contributed by atoms with Crippen LogP contribution in [-0.4, -0.2) is 27.9 Å². The quantitative estimate of drug-likeness (QED) is 0.698. The molecule has 1 rings (SSSR count). The largest absolute Gasteiger partial charge is 0.360 e. The molecule has 1 aromatic rings. The minimum absolute atomic E-state index is 0.939. The van der Waals surface area contributed by atoms with Crippen molar-refractivity contribution in [1.82, 2.24) is 9.36 Å². The summed E-state index contributed by atoms with van der Waals surface area (Å²) in [5, 5.41) is 4.19. The van der Waals surface area contributed by atoms with Crippen LogP contribution in [0, 0.1) is 0 Å². The van der Waals surface area contributed by atoms with Crippen LogP contribution in [0.1, 0.15) is 25.7 Å². The molecule has 5 heteroatoms. The molecule has 1 N–H and O–H groups in total. The molecule has 0 aromatic carbocycles. The number of anilines is 1. The third-order valence-electron chi connectivity index (χ3n) is 1.91. The second kappa shape index (κ2) is 8.05. The first-order chi connectivity index (χ1) is 6.93. The minimum atomic E-state index is 0.939. The fourth-order valence-electron chi connectivity index (χ4n) is 1.17. The molecular weight excluding hydrogens is 214 g/mol. The van der Waals surface area contributed by atoms with E-state index in [1.807, 2.05) is 11.8 Å². The molecule has 0 aliphatic rings. The van der Waals surface area contributed by atoms with Crippen molar-refractivity contribution >= 4 is 28.4 Å². The molecule has 14 heavy (non-hydrogen) atoms. The first kappa shape index (κ1) is 11.8. The van der Waals surface area contributed by atoms with Gasteiger partial charge in [-0.2, -0.15) is 16.1 Å². The van der Waals surface area contributed by atoms with Crippen LogP contribution in [0.4, 0.5) is 5.13 Å². The van der Waals surface area contributed by atoms with Gasteiger partial charge in [-0.25, -0.2) is 4.98 Å². The molecule has 1 aromatic heterocycles. The van der Waals surface area contributed by atoms with E-state index in [1.54, 1.807) is 6.33 Å². The molecule has 0 saturated heterocycles. The topological polar surface area (TPSA) is 37.8 Å². The summed E-state index contributed by atoms with van der Waals surface area (Å²) in [6, 6.07) is 0. The smallest absolute Gasteiger partial charge is 0.202 e. The Hall–Kier alpha value is -0.290. The lowest BCUT2D eigenvalue weighted by molar-refractivity contribution is 0.689. The highest BCUT2D eigenvalue weighted by Gasteiger charge is 1.94. The first-order valence-electron chi connectivity index (χ1n) is 4.93. The molecule has 0 fully saturated rings. The number of aromatic nitrogens is 2. The lowest BCUT2D eigenvalue weighted by atomic mass is 10.2.